The Morgan fingerprint density at radius 3 is 1.49 bits per heavy atom. The summed E-state index contributed by atoms with van der Waals surface area (Å²) < 4.78 is 37.2. The van der Waals surface area contributed by atoms with E-state index in [2.05, 4.69) is 169 Å². The van der Waals surface area contributed by atoms with Crippen molar-refractivity contribution in [2.24, 2.45) is 0 Å². The number of nitrogens with zero attached hydrogens (tertiary/aromatic N) is 8. The summed E-state index contributed by atoms with van der Waals surface area (Å²) in [5.41, 5.74) is 18.6. The van der Waals surface area contributed by atoms with Gasteiger partial charge < -0.3 is 9.13 Å². The topological polar surface area (TPSA) is 87.2 Å². The van der Waals surface area contributed by atoms with Crippen LogP contribution in [0.5, 0.6) is 0 Å². The lowest BCUT2D eigenvalue weighted by Crippen LogP contribution is -2.15. The Morgan fingerprint density at radius 1 is 0.322 bits per heavy atom. The molecule has 0 radical (unpaired) electrons. The van der Waals surface area contributed by atoms with E-state index in [-0.39, 0.29) is 46.3 Å². The zero-order valence-corrected chi connectivity index (χ0v) is 49.1. The van der Waals surface area contributed by atoms with Crippen molar-refractivity contribution in [1.29, 1.82) is 0 Å². The lowest BCUT2D eigenvalue weighted by Gasteiger charge is -2.22. The van der Waals surface area contributed by atoms with Crippen molar-refractivity contribution in [2.45, 2.75) is 25.2 Å². The zero-order chi connectivity index (χ0) is 62.2. The van der Waals surface area contributed by atoms with Crippen molar-refractivity contribution < 1.29 is 4.11 Å². The molecule has 0 bridgehead atoms. The minimum Gasteiger partial charge on any atom is -0.309 e. The highest BCUT2D eigenvalue weighted by atomic mass is 15.1. The quantitative estimate of drug-likeness (QED) is 0.143. The molecule has 1 unspecified atom stereocenters. The first-order valence-corrected chi connectivity index (χ1v) is 30.5. The van der Waals surface area contributed by atoms with Gasteiger partial charge in [-0.1, -0.05) is 232 Å². The highest BCUT2D eigenvalue weighted by Gasteiger charge is 2.38. The zero-order valence-electron chi connectivity index (χ0n) is 52.1. The second-order valence-corrected chi connectivity index (χ2v) is 23.9. The van der Waals surface area contributed by atoms with E-state index in [0.29, 0.717) is 34.4 Å². The van der Waals surface area contributed by atoms with E-state index in [9.17, 15) is 4.11 Å². The Labute approximate surface area is 524 Å². The van der Waals surface area contributed by atoms with Crippen LogP contribution in [0.15, 0.2) is 285 Å². The Morgan fingerprint density at radius 2 is 0.811 bits per heavy atom. The molecule has 0 saturated carbocycles. The molecule has 0 spiro atoms. The summed E-state index contributed by atoms with van der Waals surface area (Å²) in [6.07, 6.45) is 0. The number of benzene rings is 12. The maximum Gasteiger partial charge on any atom is 0.164 e. The van der Waals surface area contributed by atoms with Gasteiger partial charge in [-0.3, -0.25) is 0 Å². The molecular weight excluding hydrogens is 1100 g/mol. The van der Waals surface area contributed by atoms with Gasteiger partial charge in [-0.25, -0.2) is 29.9 Å². The third-order valence-corrected chi connectivity index (χ3v) is 18.4. The Balaban J connectivity index is 0.916. The average molecular weight is 1150 g/mol. The highest BCUT2D eigenvalue weighted by Crippen LogP contribution is 2.55. The van der Waals surface area contributed by atoms with E-state index in [1.54, 1.807) is 0 Å². The number of aromatic nitrogens is 8. The second kappa shape index (κ2) is 20.2. The molecule has 422 valence electrons. The van der Waals surface area contributed by atoms with Gasteiger partial charge in [0.2, 0.25) is 0 Å². The lowest BCUT2D eigenvalue weighted by atomic mass is 9.82. The van der Waals surface area contributed by atoms with E-state index in [1.165, 1.54) is 22.3 Å². The first kappa shape index (κ1) is 48.4. The van der Waals surface area contributed by atoms with Gasteiger partial charge in [-0.05, 0) is 117 Å². The molecule has 16 aromatic rings. The molecular formula is C82H54N8. The van der Waals surface area contributed by atoms with Gasteiger partial charge in [0.15, 0.2) is 34.9 Å². The van der Waals surface area contributed by atoms with Crippen LogP contribution in [0.3, 0.4) is 0 Å². The van der Waals surface area contributed by atoms with Crippen molar-refractivity contribution in [3.8, 4) is 102 Å². The minimum absolute atomic E-state index is 0.0484. The van der Waals surface area contributed by atoms with Crippen molar-refractivity contribution in [1.82, 2.24) is 39.0 Å². The molecule has 8 nitrogen and oxygen atoms in total. The van der Waals surface area contributed by atoms with Gasteiger partial charge in [-0.2, -0.15) is 0 Å². The molecule has 0 aliphatic heterocycles. The molecule has 0 amide bonds. The van der Waals surface area contributed by atoms with Crippen molar-refractivity contribution in [3.63, 3.8) is 0 Å². The van der Waals surface area contributed by atoms with Crippen LogP contribution in [-0.2, 0) is 5.41 Å². The van der Waals surface area contributed by atoms with Crippen LogP contribution < -0.4 is 0 Å². The number of para-hydroxylation sites is 3. The van der Waals surface area contributed by atoms with Crippen molar-refractivity contribution >= 4 is 43.6 Å². The van der Waals surface area contributed by atoms with Gasteiger partial charge in [-0.15, -0.1) is 0 Å². The van der Waals surface area contributed by atoms with Crippen LogP contribution in [-0.4, -0.2) is 39.0 Å². The maximum atomic E-state index is 11.1. The minimum atomic E-state index is -0.701. The van der Waals surface area contributed by atoms with E-state index in [4.69, 9.17) is 29.9 Å². The molecule has 2 aliphatic carbocycles. The third-order valence-electron chi connectivity index (χ3n) is 18.4. The van der Waals surface area contributed by atoms with Crippen LogP contribution in [0.1, 0.15) is 51.7 Å². The number of fused-ring (bicyclic) bond motifs is 13. The smallest absolute Gasteiger partial charge is 0.164 e. The predicted molar refractivity (Wildman–Crippen MR) is 365 cm³/mol. The lowest BCUT2D eigenvalue weighted by molar-refractivity contribution is 0.660. The summed E-state index contributed by atoms with van der Waals surface area (Å²) >= 11 is 0. The van der Waals surface area contributed by atoms with E-state index in [0.717, 1.165) is 93.9 Å². The number of hydrogen-bond acceptors (Lipinski definition) is 6. The summed E-state index contributed by atoms with van der Waals surface area (Å²) in [5.74, 6) is 1.03. The molecule has 8 heteroatoms. The molecule has 4 heterocycles. The van der Waals surface area contributed by atoms with Crippen LogP contribution in [0.25, 0.3) is 146 Å². The Kier molecular flexibility index (Phi) is 10.8. The number of rotatable bonds is 9. The molecule has 12 aromatic carbocycles. The summed E-state index contributed by atoms with van der Waals surface area (Å²) in [6, 6.07) is 91.0. The summed E-state index contributed by atoms with van der Waals surface area (Å²) in [5, 5.41) is 4.13. The SMILES string of the molecule is [2H]c1c([2H])c(C2c3ccccc3-c3ccc4c(c32)c2ccccc2n4-c2ccc3c(c2)C(C)(C)c2ccccc2-3)c(-c2nc(-c3ccccc3)nc(-c3ccccc3)n2)c([2H])c1-c1nc(-c2ccccc2)nc(-c2ccc3c(c2)c2ccccc2n3-c2ccccc2)n1. The molecule has 4 aromatic heterocycles. The van der Waals surface area contributed by atoms with Crippen LogP contribution in [0, 0.1) is 0 Å². The predicted octanol–water partition coefficient (Wildman–Crippen LogP) is 19.7. The van der Waals surface area contributed by atoms with E-state index < -0.39 is 5.92 Å². The molecule has 0 N–H and O–H groups in total. The molecule has 1 atom stereocenters. The Hall–Kier alpha value is -11.7. The maximum absolute atomic E-state index is 11.1. The fraction of sp³-hybridized carbons (Fsp3) is 0.0488. The molecule has 2 aliphatic rings. The van der Waals surface area contributed by atoms with Crippen LogP contribution in [0.2, 0.25) is 0 Å². The fourth-order valence-electron chi connectivity index (χ4n) is 14.3. The standard InChI is InChI=1S/C82H54N8/c1-82(2)67-36-20-17-32-58(67)59-43-41-56(49-68(59)82)90-70-38-22-19-35-64(70)74-72(90)46-44-62-57-31-15-16-34-61(57)73(75(62)74)63-42-39-53(48-66(63)81-87-77(51-25-9-4-10-26-51)83-78(88-81)52-27-11-5-12-28-52)79-84-76(50-23-7-3-8-24-50)85-80(86-79)54-40-45-71-65(47-54)60-33-18-21-37-69(60)89(71)55-29-13-6-14-30-55/h3-49,73H,1-2H3/i39D,42D,48D. The second-order valence-electron chi connectivity index (χ2n) is 23.9. The van der Waals surface area contributed by atoms with Gasteiger partial charge in [0.05, 0.1) is 26.2 Å². The summed E-state index contributed by atoms with van der Waals surface area (Å²) in [4.78, 5) is 31.7. The molecule has 0 saturated heterocycles. The van der Waals surface area contributed by atoms with Crippen molar-refractivity contribution in [3.05, 3.63) is 313 Å². The number of hydrogen-bond donors (Lipinski definition) is 0. The first-order chi connectivity index (χ1) is 45.7. The van der Waals surface area contributed by atoms with Crippen molar-refractivity contribution in [2.75, 3.05) is 0 Å². The highest BCUT2D eigenvalue weighted by molar-refractivity contribution is 6.15. The Bertz CT molecular complexity index is 5710. The largest absolute Gasteiger partial charge is 0.309 e. The van der Waals surface area contributed by atoms with E-state index >= 15 is 0 Å². The summed E-state index contributed by atoms with van der Waals surface area (Å²) in [7, 11) is 0. The molecule has 18 rings (SSSR count). The van der Waals surface area contributed by atoms with Crippen LogP contribution in [0.4, 0.5) is 0 Å². The average Bonchev–Trinajstić information content (AvgIpc) is 1.60. The van der Waals surface area contributed by atoms with Crippen LogP contribution >= 0.6 is 0 Å². The van der Waals surface area contributed by atoms with Gasteiger partial charge in [0, 0.05) is 77.6 Å². The monoisotopic (exact) mass is 1150 g/mol. The van der Waals surface area contributed by atoms with Gasteiger partial charge in [0.1, 0.15) is 0 Å². The van der Waals surface area contributed by atoms with E-state index in [1.807, 2.05) is 121 Å². The normalized spacial score (nSPS) is 14.1. The van der Waals surface area contributed by atoms with Gasteiger partial charge in [0.25, 0.3) is 0 Å². The molecule has 90 heavy (non-hydrogen) atoms. The third kappa shape index (κ3) is 8.01. The summed E-state index contributed by atoms with van der Waals surface area (Å²) in [6.45, 7) is 4.63. The van der Waals surface area contributed by atoms with Gasteiger partial charge >= 0.3 is 0 Å². The molecule has 0 fully saturated rings. The fourth-order valence-corrected chi connectivity index (χ4v) is 14.3. The first-order valence-electron chi connectivity index (χ1n) is 32.0.